The monoisotopic (exact) mass is 333 g/mol. The lowest BCUT2D eigenvalue weighted by Gasteiger charge is -2.35. The van der Waals surface area contributed by atoms with E-state index in [0.717, 1.165) is 61.3 Å². The Bertz CT molecular complexity index is 1020. The van der Waals surface area contributed by atoms with Crippen LogP contribution >= 0.6 is 0 Å². The second-order valence-electron chi connectivity index (χ2n) is 7.17. The quantitative estimate of drug-likeness (QED) is 0.556. The van der Waals surface area contributed by atoms with E-state index in [-0.39, 0.29) is 5.92 Å². The molecule has 1 unspecified atom stereocenters. The Balaban J connectivity index is 1.51. The molecule has 2 fully saturated rings. The minimum absolute atomic E-state index is 0.256. The zero-order valence-corrected chi connectivity index (χ0v) is 13.9. The number of aromatic nitrogens is 4. The molecule has 0 bridgehead atoms. The Labute approximate surface area is 144 Å². The van der Waals surface area contributed by atoms with Crippen molar-refractivity contribution >= 4 is 22.5 Å². The number of nitrogens with zero attached hydrogens (tertiary/aromatic N) is 5. The van der Waals surface area contributed by atoms with Crippen molar-refractivity contribution in [3.63, 3.8) is 0 Å². The molecule has 126 valence electrons. The zero-order valence-electron chi connectivity index (χ0n) is 13.9. The maximum absolute atomic E-state index is 9.40. The molecule has 0 aromatic carbocycles. The van der Waals surface area contributed by atoms with Crippen molar-refractivity contribution < 1.29 is 0 Å². The van der Waals surface area contributed by atoms with E-state index in [1.54, 1.807) is 0 Å². The van der Waals surface area contributed by atoms with Crippen molar-refractivity contribution in [1.82, 2.24) is 24.3 Å². The first-order valence-electron chi connectivity index (χ1n) is 8.76. The van der Waals surface area contributed by atoms with Gasteiger partial charge in [-0.3, -0.25) is 9.81 Å². The molecule has 1 atom stereocenters. The fourth-order valence-electron chi connectivity index (χ4n) is 4.01. The molecule has 0 spiro atoms. The summed E-state index contributed by atoms with van der Waals surface area (Å²) in [7, 11) is 0. The lowest BCUT2D eigenvalue weighted by Crippen LogP contribution is -2.42. The summed E-state index contributed by atoms with van der Waals surface area (Å²) in [4.78, 5) is 14.4. The van der Waals surface area contributed by atoms with Gasteiger partial charge < -0.3 is 9.88 Å². The molecule has 5 rings (SSSR count). The molecule has 4 heterocycles. The van der Waals surface area contributed by atoms with Gasteiger partial charge in [0.25, 0.3) is 0 Å². The summed E-state index contributed by atoms with van der Waals surface area (Å²) >= 11 is 0. The van der Waals surface area contributed by atoms with Gasteiger partial charge in [0.2, 0.25) is 0 Å². The van der Waals surface area contributed by atoms with Crippen LogP contribution in [0.2, 0.25) is 0 Å². The number of aromatic amines is 1. The second-order valence-corrected chi connectivity index (χ2v) is 7.17. The predicted octanol–water partition coefficient (Wildman–Crippen LogP) is 2.67. The number of H-pyrrole nitrogens is 1. The van der Waals surface area contributed by atoms with Gasteiger partial charge in [-0.15, -0.1) is 0 Å². The molecular formula is C18H19N7. The summed E-state index contributed by atoms with van der Waals surface area (Å²) in [6.45, 7) is 1.62. The Morgan fingerprint density at radius 2 is 2.20 bits per heavy atom. The molecule has 1 aliphatic heterocycles. The van der Waals surface area contributed by atoms with Crippen molar-refractivity contribution in [2.24, 2.45) is 5.41 Å². The number of amidine groups is 1. The van der Waals surface area contributed by atoms with Crippen LogP contribution in [0.4, 0.5) is 0 Å². The minimum atomic E-state index is -0.519. The Kier molecular flexibility index (Phi) is 2.93. The van der Waals surface area contributed by atoms with Gasteiger partial charge in [-0.1, -0.05) is 0 Å². The van der Waals surface area contributed by atoms with Gasteiger partial charge in [0.05, 0.1) is 29.5 Å². The molecule has 2 aliphatic rings. The lowest BCUT2D eigenvalue weighted by molar-refractivity contribution is 0.290. The molecule has 3 aromatic rings. The SMILES string of the molecule is N#CC1(C(=N)N2CCCC(c3ncc4cnc5[nH]ccc5n34)C2)CC1. The molecule has 7 heteroatoms. The maximum atomic E-state index is 9.40. The highest BCUT2D eigenvalue weighted by Crippen LogP contribution is 2.47. The molecule has 25 heavy (non-hydrogen) atoms. The number of imidazole rings is 1. The normalized spacial score (nSPS) is 22.2. The molecule has 2 N–H and O–H groups in total. The fourth-order valence-corrected chi connectivity index (χ4v) is 4.01. The summed E-state index contributed by atoms with van der Waals surface area (Å²) in [5.74, 6) is 1.79. The third-order valence-corrected chi connectivity index (χ3v) is 5.61. The number of rotatable bonds is 2. The lowest BCUT2D eigenvalue weighted by atomic mass is 9.95. The van der Waals surface area contributed by atoms with E-state index in [0.29, 0.717) is 5.84 Å². The van der Waals surface area contributed by atoms with Crippen molar-refractivity contribution in [1.29, 1.82) is 10.7 Å². The number of nitriles is 1. The van der Waals surface area contributed by atoms with Gasteiger partial charge in [-0.25, -0.2) is 9.97 Å². The number of nitrogens with one attached hydrogen (secondary N) is 2. The van der Waals surface area contributed by atoms with Crippen LogP contribution in [0, 0.1) is 22.2 Å². The van der Waals surface area contributed by atoms with Crippen LogP contribution in [0.3, 0.4) is 0 Å². The highest BCUT2D eigenvalue weighted by molar-refractivity contribution is 5.90. The van der Waals surface area contributed by atoms with Crippen molar-refractivity contribution in [2.75, 3.05) is 13.1 Å². The van der Waals surface area contributed by atoms with Crippen LogP contribution in [-0.4, -0.2) is 43.2 Å². The van der Waals surface area contributed by atoms with Gasteiger partial charge in [0.1, 0.15) is 17.1 Å². The van der Waals surface area contributed by atoms with E-state index in [2.05, 4.69) is 30.3 Å². The Morgan fingerprint density at radius 3 is 3.00 bits per heavy atom. The van der Waals surface area contributed by atoms with Crippen LogP contribution < -0.4 is 0 Å². The summed E-state index contributed by atoms with van der Waals surface area (Å²) in [5.41, 5.74) is 2.36. The number of likely N-dealkylation sites (tertiary alicyclic amines) is 1. The molecule has 0 amide bonds. The molecule has 7 nitrogen and oxygen atoms in total. The molecular weight excluding hydrogens is 314 g/mol. The van der Waals surface area contributed by atoms with E-state index in [4.69, 9.17) is 5.41 Å². The number of fused-ring (bicyclic) bond motifs is 3. The summed E-state index contributed by atoms with van der Waals surface area (Å²) in [6.07, 6.45) is 9.33. The van der Waals surface area contributed by atoms with Crippen molar-refractivity contribution in [2.45, 2.75) is 31.6 Å². The highest BCUT2D eigenvalue weighted by Gasteiger charge is 2.50. The standard InChI is InChI=1S/C18H19N7/c19-11-18(4-5-18)17(20)24-7-1-2-12(10-24)16-23-9-13-8-22-15-14(25(13)16)3-6-21-15/h3,6,8-9,12,20-21H,1-2,4-5,7,10H2. The van der Waals surface area contributed by atoms with Gasteiger partial charge in [-0.05, 0) is 31.7 Å². The van der Waals surface area contributed by atoms with E-state index < -0.39 is 5.41 Å². The first kappa shape index (κ1) is 14.5. The first-order valence-corrected chi connectivity index (χ1v) is 8.76. The average molecular weight is 333 g/mol. The Hall–Kier alpha value is -2.88. The third kappa shape index (κ3) is 2.07. The van der Waals surface area contributed by atoms with Gasteiger partial charge >= 0.3 is 0 Å². The van der Waals surface area contributed by atoms with E-state index in [9.17, 15) is 5.26 Å². The average Bonchev–Trinajstić information content (AvgIpc) is 3.10. The largest absolute Gasteiger partial charge is 0.358 e. The molecule has 1 aliphatic carbocycles. The Morgan fingerprint density at radius 1 is 1.36 bits per heavy atom. The fraction of sp³-hybridized carbons (Fsp3) is 0.444. The number of hydrogen-bond acceptors (Lipinski definition) is 4. The summed E-state index contributed by atoms with van der Waals surface area (Å²) in [5, 5.41) is 17.9. The van der Waals surface area contributed by atoms with Crippen LogP contribution in [0.1, 0.15) is 37.4 Å². The van der Waals surface area contributed by atoms with Crippen LogP contribution in [0.15, 0.2) is 24.7 Å². The summed E-state index contributed by atoms with van der Waals surface area (Å²) in [6, 6.07) is 4.38. The topological polar surface area (TPSA) is 96.9 Å². The highest BCUT2D eigenvalue weighted by atomic mass is 15.2. The van der Waals surface area contributed by atoms with E-state index in [1.165, 1.54) is 0 Å². The van der Waals surface area contributed by atoms with Crippen molar-refractivity contribution in [3.05, 3.63) is 30.5 Å². The first-order chi connectivity index (χ1) is 12.2. The molecule has 3 aromatic heterocycles. The minimum Gasteiger partial charge on any atom is -0.358 e. The number of piperidine rings is 1. The third-order valence-electron chi connectivity index (χ3n) is 5.61. The smallest absolute Gasteiger partial charge is 0.154 e. The van der Waals surface area contributed by atoms with Crippen molar-refractivity contribution in [3.8, 4) is 6.07 Å². The number of hydrogen-bond donors (Lipinski definition) is 2. The molecule has 1 saturated heterocycles. The van der Waals surface area contributed by atoms with Gasteiger partial charge in [-0.2, -0.15) is 5.26 Å². The molecule has 1 saturated carbocycles. The van der Waals surface area contributed by atoms with Crippen LogP contribution in [0.25, 0.3) is 16.7 Å². The van der Waals surface area contributed by atoms with Crippen LogP contribution in [0.5, 0.6) is 0 Å². The van der Waals surface area contributed by atoms with Gasteiger partial charge in [0.15, 0.2) is 5.65 Å². The maximum Gasteiger partial charge on any atom is 0.154 e. The second kappa shape index (κ2) is 5.06. The van der Waals surface area contributed by atoms with Gasteiger partial charge in [0, 0.05) is 25.2 Å². The molecule has 0 radical (unpaired) electrons. The predicted molar refractivity (Wildman–Crippen MR) is 93.4 cm³/mol. The zero-order chi connectivity index (χ0) is 17.0. The van der Waals surface area contributed by atoms with E-state index in [1.807, 2.05) is 24.7 Å². The van der Waals surface area contributed by atoms with Crippen LogP contribution in [-0.2, 0) is 0 Å². The van der Waals surface area contributed by atoms with E-state index >= 15 is 0 Å². The summed E-state index contributed by atoms with van der Waals surface area (Å²) < 4.78 is 2.17.